The van der Waals surface area contributed by atoms with Crippen LogP contribution in [0.25, 0.3) is 0 Å². The zero-order chi connectivity index (χ0) is 20.9. The molecule has 1 aromatic carbocycles. The smallest absolute Gasteiger partial charge is 0.416 e. The minimum Gasteiger partial charge on any atom is -0.465 e. The van der Waals surface area contributed by atoms with Gasteiger partial charge in [-0.3, -0.25) is 4.79 Å². The number of hydrogen-bond donors (Lipinski definition) is 0. The molecular weight excluding hydrogens is 467 g/mol. The highest BCUT2D eigenvalue weighted by Gasteiger charge is 2.41. The number of hydrogen-bond acceptors (Lipinski definition) is 5. The number of carbonyl (C=O) groups excluding carboxylic acids is 1. The number of aromatic nitrogens is 3. The molecule has 2 unspecified atom stereocenters. The maximum atomic E-state index is 13.0. The van der Waals surface area contributed by atoms with Crippen molar-refractivity contribution in [2.45, 2.75) is 32.4 Å². The molecule has 0 fully saturated rings. The Morgan fingerprint density at radius 3 is 2.61 bits per heavy atom. The highest BCUT2D eigenvalue weighted by Crippen LogP contribution is 2.36. The number of rotatable bonds is 8. The Balaban J connectivity index is 2.45. The van der Waals surface area contributed by atoms with Crippen LogP contribution in [-0.4, -0.2) is 38.0 Å². The first kappa shape index (κ1) is 22.5. The second-order valence-corrected chi connectivity index (χ2v) is 7.40. The first-order chi connectivity index (χ1) is 13.1. The number of nitrogens with zero attached hydrogens (tertiary/aromatic N) is 3. The number of esters is 1. The van der Waals surface area contributed by atoms with Crippen molar-refractivity contribution in [2.75, 3.05) is 11.2 Å². The minimum absolute atomic E-state index is 0.0624. The van der Waals surface area contributed by atoms with Crippen molar-refractivity contribution < 1.29 is 27.4 Å². The van der Waals surface area contributed by atoms with Gasteiger partial charge in [-0.1, -0.05) is 35.8 Å². The van der Waals surface area contributed by atoms with Crippen LogP contribution in [0.4, 0.5) is 13.2 Å². The van der Waals surface area contributed by atoms with Crippen molar-refractivity contribution in [3.05, 3.63) is 42.5 Å². The third-order valence-electron chi connectivity index (χ3n) is 3.86. The molecule has 0 saturated heterocycles. The molecule has 2 rings (SSSR count). The number of ether oxygens (including phenoxy) is 2. The molecule has 1 aromatic heterocycles. The van der Waals surface area contributed by atoms with Gasteiger partial charge in [0, 0.05) is 10.7 Å². The Morgan fingerprint density at radius 1 is 1.36 bits per heavy atom. The number of carbonyl (C=O) groups is 1. The van der Waals surface area contributed by atoms with Crippen LogP contribution in [0.3, 0.4) is 0 Å². The summed E-state index contributed by atoms with van der Waals surface area (Å²) in [6.45, 7) is 3.60. The molecule has 0 aliphatic rings. The van der Waals surface area contributed by atoms with E-state index in [2.05, 4.69) is 26.0 Å². The molecule has 0 radical (unpaired) electrons. The Bertz CT molecular complexity index is 787. The molecule has 28 heavy (non-hydrogen) atoms. The monoisotopic (exact) mass is 483 g/mol. The van der Waals surface area contributed by atoms with Crippen LogP contribution in [0, 0.1) is 5.41 Å². The van der Waals surface area contributed by atoms with Gasteiger partial charge < -0.3 is 9.47 Å². The summed E-state index contributed by atoms with van der Waals surface area (Å²) in [5, 5.41) is 4.40. The first-order valence-electron chi connectivity index (χ1n) is 8.08. The van der Waals surface area contributed by atoms with Crippen LogP contribution in [-0.2, 0) is 15.7 Å². The summed E-state index contributed by atoms with van der Waals surface area (Å²) in [4.78, 5) is 15.7. The predicted octanol–water partition coefficient (Wildman–Crippen LogP) is 4.45. The van der Waals surface area contributed by atoms with Crippen molar-refractivity contribution in [2.24, 2.45) is 5.41 Å². The lowest BCUT2D eigenvalue weighted by molar-refractivity contribution is -0.165. The summed E-state index contributed by atoms with van der Waals surface area (Å²) in [6.07, 6.45) is -3.98. The van der Waals surface area contributed by atoms with Gasteiger partial charge in [-0.25, -0.2) is 9.67 Å². The fourth-order valence-corrected chi connectivity index (χ4v) is 2.72. The van der Waals surface area contributed by atoms with Gasteiger partial charge in [-0.05, 0) is 18.2 Å². The lowest BCUT2D eigenvalue weighted by Gasteiger charge is -2.37. The third-order valence-corrected chi connectivity index (χ3v) is 5.52. The molecule has 0 amide bonds. The minimum atomic E-state index is -4.53. The summed E-state index contributed by atoms with van der Waals surface area (Å²) in [6, 6.07) is 4.41. The van der Waals surface area contributed by atoms with Crippen molar-refractivity contribution in [1.29, 1.82) is 0 Å². The fraction of sp³-hybridized carbons (Fsp3) is 0.471. The summed E-state index contributed by atoms with van der Waals surface area (Å²) >= 11 is 8.93. The normalized spacial score (nSPS) is 14.4. The molecule has 0 bridgehead atoms. The first-order valence-corrected chi connectivity index (χ1v) is 9.73. The van der Waals surface area contributed by atoms with Crippen LogP contribution < -0.4 is 4.74 Å². The Hall–Kier alpha value is -1.81. The maximum Gasteiger partial charge on any atom is 0.416 e. The summed E-state index contributed by atoms with van der Waals surface area (Å²) in [5.74, 6) is -1.14. The van der Waals surface area contributed by atoms with Gasteiger partial charge in [0.15, 0.2) is 6.10 Å². The van der Waals surface area contributed by atoms with Crippen molar-refractivity contribution in [3.8, 4) is 5.75 Å². The number of halogens is 5. The van der Waals surface area contributed by atoms with Crippen LogP contribution in [0.1, 0.15) is 25.6 Å². The van der Waals surface area contributed by atoms with E-state index in [1.54, 1.807) is 13.8 Å². The average Bonchev–Trinajstić information content (AvgIpc) is 3.18. The standard InChI is InChI=1S/C17H18BrClF3N3O3/c1-16(2,8-18)14(28-13(26)7-19)15(25-10-23-9-24-25)27-12-5-3-4-11(6-12)17(20,21)22/h3-6,9-10,14-15H,7-8H2,1-2H3. The zero-order valence-electron chi connectivity index (χ0n) is 15.0. The zero-order valence-corrected chi connectivity index (χ0v) is 17.3. The van der Waals surface area contributed by atoms with E-state index in [1.807, 2.05) is 0 Å². The largest absolute Gasteiger partial charge is 0.465 e. The highest BCUT2D eigenvalue weighted by molar-refractivity contribution is 9.09. The second kappa shape index (κ2) is 9.13. The quantitative estimate of drug-likeness (QED) is 0.409. The van der Waals surface area contributed by atoms with E-state index >= 15 is 0 Å². The molecule has 2 aromatic rings. The van der Waals surface area contributed by atoms with Crippen molar-refractivity contribution in [1.82, 2.24) is 14.8 Å². The Kier molecular flexibility index (Phi) is 7.33. The van der Waals surface area contributed by atoms with Crippen LogP contribution in [0.15, 0.2) is 36.9 Å². The van der Waals surface area contributed by atoms with E-state index in [0.29, 0.717) is 5.33 Å². The molecule has 0 spiro atoms. The molecule has 0 aliphatic heterocycles. The van der Waals surface area contributed by atoms with E-state index in [-0.39, 0.29) is 11.6 Å². The van der Waals surface area contributed by atoms with E-state index in [0.717, 1.165) is 12.1 Å². The topological polar surface area (TPSA) is 66.2 Å². The van der Waals surface area contributed by atoms with Gasteiger partial charge in [-0.2, -0.15) is 18.3 Å². The highest BCUT2D eigenvalue weighted by atomic mass is 79.9. The van der Waals surface area contributed by atoms with Gasteiger partial charge in [0.1, 0.15) is 24.3 Å². The molecule has 0 aliphatic carbocycles. The third kappa shape index (κ3) is 5.60. The lowest BCUT2D eigenvalue weighted by atomic mass is 9.87. The molecular formula is C17H18BrClF3N3O3. The van der Waals surface area contributed by atoms with E-state index in [9.17, 15) is 18.0 Å². The molecule has 1 heterocycles. The number of alkyl halides is 5. The summed E-state index contributed by atoms with van der Waals surface area (Å²) < 4.78 is 51.6. The van der Waals surface area contributed by atoms with Gasteiger partial charge >= 0.3 is 12.1 Å². The molecule has 0 saturated carbocycles. The van der Waals surface area contributed by atoms with Gasteiger partial charge in [-0.15, -0.1) is 11.6 Å². The van der Waals surface area contributed by atoms with Crippen LogP contribution >= 0.6 is 27.5 Å². The van der Waals surface area contributed by atoms with E-state index < -0.39 is 35.5 Å². The van der Waals surface area contributed by atoms with Gasteiger partial charge in [0.05, 0.1) is 5.56 Å². The van der Waals surface area contributed by atoms with Gasteiger partial charge in [0.25, 0.3) is 0 Å². The average molecular weight is 485 g/mol. The SMILES string of the molecule is CC(C)(CBr)C(OC(=O)CCl)C(Oc1cccc(C(F)(F)F)c1)n1cncn1. The van der Waals surface area contributed by atoms with Gasteiger partial charge in [0.2, 0.25) is 6.23 Å². The summed E-state index contributed by atoms with van der Waals surface area (Å²) in [5.41, 5.74) is -1.55. The van der Waals surface area contributed by atoms with Crippen LogP contribution in [0.2, 0.25) is 0 Å². The second-order valence-electron chi connectivity index (χ2n) is 6.58. The van der Waals surface area contributed by atoms with E-state index in [4.69, 9.17) is 21.1 Å². The molecule has 0 N–H and O–H groups in total. The van der Waals surface area contributed by atoms with Crippen LogP contribution in [0.5, 0.6) is 5.75 Å². The predicted molar refractivity (Wildman–Crippen MR) is 99.3 cm³/mol. The molecule has 6 nitrogen and oxygen atoms in total. The van der Waals surface area contributed by atoms with E-state index in [1.165, 1.54) is 29.5 Å². The fourth-order valence-electron chi connectivity index (χ4n) is 2.34. The van der Waals surface area contributed by atoms with Crippen molar-refractivity contribution >= 4 is 33.5 Å². The molecule has 154 valence electrons. The maximum absolute atomic E-state index is 13.0. The number of benzene rings is 1. The molecule has 11 heteroatoms. The van der Waals surface area contributed by atoms with Crippen molar-refractivity contribution in [3.63, 3.8) is 0 Å². The Morgan fingerprint density at radius 2 is 2.07 bits per heavy atom. The molecule has 2 atom stereocenters. The summed E-state index contributed by atoms with van der Waals surface area (Å²) in [7, 11) is 0. The Labute approximate surface area is 173 Å². The lowest BCUT2D eigenvalue weighted by Crippen LogP contribution is -2.45.